The zero-order chi connectivity index (χ0) is 15.9. The quantitative estimate of drug-likeness (QED) is 0.739. The van der Waals surface area contributed by atoms with Gasteiger partial charge in [-0.25, -0.2) is 14.8 Å². The van der Waals surface area contributed by atoms with E-state index in [0.29, 0.717) is 11.7 Å². The summed E-state index contributed by atoms with van der Waals surface area (Å²) in [5, 5.41) is 22.0. The number of aliphatic carboxylic acids is 1. The largest absolute Gasteiger partial charge is 0.480 e. The van der Waals surface area contributed by atoms with Crippen LogP contribution in [0.3, 0.4) is 0 Å². The summed E-state index contributed by atoms with van der Waals surface area (Å²) in [6, 6.07) is -1.12. The van der Waals surface area contributed by atoms with Crippen molar-refractivity contribution in [1.29, 1.82) is 0 Å². The first-order chi connectivity index (χ1) is 10.5. The number of rotatable bonds is 4. The number of thiophene rings is 1. The van der Waals surface area contributed by atoms with E-state index in [4.69, 9.17) is 16.7 Å². The highest BCUT2D eigenvalue weighted by Gasteiger charge is 2.25. The summed E-state index contributed by atoms with van der Waals surface area (Å²) >= 11 is 7.55. The minimum Gasteiger partial charge on any atom is -0.480 e. The molecule has 0 fully saturated rings. The van der Waals surface area contributed by atoms with Crippen LogP contribution in [0.2, 0.25) is 5.28 Å². The molecule has 0 aromatic carbocycles. The van der Waals surface area contributed by atoms with Gasteiger partial charge in [-0.1, -0.05) is 6.92 Å². The van der Waals surface area contributed by atoms with Crippen LogP contribution in [-0.2, 0) is 17.6 Å². The molecule has 0 spiro atoms. The van der Waals surface area contributed by atoms with Crippen LogP contribution in [0.5, 0.6) is 0 Å². The van der Waals surface area contributed by atoms with Crippen LogP contribution in [0.25, 0.3) is 10.2 Å². The first-order valence-electron chi connectivity index (χ1n) is 7.07. The Morgan fingerprint density at radius 3 is 3.00 bits per heavy atom. The Labute approximate surface area is 136 Å². The lowest BCUT2D eigenvalue weighted by molar-refractivity contribution is -0.138. The topological polar surface area (TPSA) is 95.3 Å². The third-order valence-corrected chi connectivity index (χ3v) is 5.24. The molecule has 2 aromatic rings. The minimum absolute atomic E-state index is 0.0729. The van der Waals surface area contributed by atoms with Crippen molar-refractivity contribution in [2.75, 3.05) is 11.9 Å². The van der Waals surface area contributed by atoms with Gasteiger partial charge in [-0.2, -0.15) is 0 Å². The molecule has 8 heteroatoms. The highest BCUT2D eigenvalue weighted by Crippen LogP contribution is 2.40. The van der Waals surface area contributed by atoms with Crippen LogP contribution >= 0.6 is 22.9 Å². The summed E-state index contributed by atoms with van der Waals surface area (Å²) in [5.74, 6) is -0.115. The Hall–Kier alpha value is -1.44. The van der Waals surface area contributed by atoms with Gasteiger partial charge in [0.25, 0.3) is 0 Å². The summed E-state index contributed by atoms with van der Waals surface area (Å²) in [6.45, 7) is 1.69. The molecule has 3 rings (SSSR count). The number of carboxylic acid groups (broad SMARTS) is 1. The molecule has 2 aromatic heterocycles. The number of hydrogen-bond donors (Lipinski definition) is 3. The second-order valence-corrected chi connectivity index (χ2v) is 7.01. The molecular formula is C14H16ClN3O3S. The predicted octanol–water partition coefficient (Wildman–Crippen LogP) is 2.33. The Morgan fingerprint density at radius 2 is 2.32 bits per heavy atom. The van der Waals surface area contributed by atoms with E-state index >= 15 is 0 Å². The Balaban J connectivity index is 2.11. The molecule has 1 aliphatic carbocycles. The van der Waals surface area contributed by atoms with Gasteiger partial charge in [0, 0.05) is 4.88 Å². The number of hydrogen-bond acceptors (Lipinski definition) is 6. The Kier molecular flexibility index (Phi) is 4.20. The zero-order valence-corrected chi connectivity index (χ0v) is 13.5. The molecule has 1 aliphatic rings. The number of carbonyl (C=O) groups is 1. The van der Waals surface area contributed by atoms with Gasteiger partial charge in [-0.15, -0.1) is 11.3 Å². The molecule has 0 radical (unpaired) electrons. The number of aliphatic hydroxyl groups is 1. The SMILES string of the molecule is CC1CCc2c(sc3nc(Cl)nc(NC(CO)C(=O)O)c23)C1. The van der Waals surface area contributed by atoms with Gasteiger partial charge in [0.15, 0.2) is 0 Å². The number of nitrogens with zero attached hydrogens (tertiary/aromatic N) is 2. The van der Waals surface area contributed by atoms with E-state index in [1.54, 1.807) is 11.3 Å². The monoisotopic (exact) mass is 341 g/mol. The standard InChI is InChI=1S/C14H16ClN3O3S/c1-6-2-3-7-9(4-6)22-12-10(7)11(17-14(15)18-12)16-8(5-19)13(20)21/h6,8,19H,2-5H2,1H3,(H,20,21)(H,16,17,18). The minimum atomic E-state index is -1.14. The number of carboxylic acids is 1. The average molecular weight is 342 g/mol. The van der Waals surface area contributed by atoms with E-state index in [2.05, 4.69) is 22.2 Å². The second kappa shape index (κ2) is 5.98. The lowest BCUT2D eigenvalue weighted by Crippen LogP contribution is -2.33. The van der Waals surface area contributed by atoms with E-state index < -0.39 is 18.6 Å². The van der Waals surface area contributed by atoms with Crippen LogP contribution in [0.4, 0.5) is 5.82 Å². The smallest absolute Gasteiger partial charge is 0.328 e. The molecule has 2 atom stereocenters. The maximum Gasteiger partial charge on any atom is 0.328 e. The third-order valence-electron chi connectivity index (χ3n) is 3.92. The number of anilines is 1. The van der Waals surface area contributed by atoms with Crippen LogP contribution in [0, 0.1) is 5.92 Å². The first-order valence-corrected chi connectivity index (χ1v) is 8.27. The van der Waals surface area contributed by atoms with Crippen molar-refractivity contribution in [3.8, 4) is 0 Å². The summed E-state index contributed by atoms with van der Waals surface area (Å²) in [6.07, 6.45) is 3.01. The predicted molar refractivity (Wildman–Crippen MR) is 85.7 cm³/mol. The average Bonchev–Trinajstić information content (AvgIpc) is 2.80. The fraction of sp³-hybridized carbons (Fsp3) is 0.500. The molecule has 2 unspecified atom stereocenters. The molecule has 22 heavy (non-hydrogen) atoms. The molecule has 0 aliphatic heterocycles. The molecule has 2 heterocycles. The van der Waals surface area contributed by atoms with Crippen LogP contribution < -0.4 is 5.32 Å². The van der Waals surface area contributed by atoms with Crippen molar-refractivity contribution in [1.82, 2.24) is 9.97 Å². The number of aromatic nitrogens is 2. The Bertz CT molecular complexity index is 734. The van der Waals surface area contributed by atoms with Crippen molar-refractivity contribution in [2.24, 2.45) is 5.92 Å². The number of aliphatic hydroxyl groups excluding tert-OH is 1. The number of nitrogens with one attached hydrogen (secondary N) is 1. The van der Waals surface area contributed by atoms with Crippen molar-refractivity contribution in [2.45, 2.75) is 32.2 Å². The van der Waals surface area contributed by atoms with Gasteiger partial charge in [0.2, 0.25) is 5.28 Å². The summed E-state index contributed by atoms with van der Waals surface area (Å²) < 4.78 is 0. The van der Waals surface area contributed by atoms with Gasteiger partial charge in [-0.05, 0) is 42.3 Å². The molecule has 3 N–H and O–H groups in total. The van der Waals surface area contributed by atoms with E-state index in [0.717, 1.165) is 29.5 Å². The van der Waals surface area contributed by atoms with E-state index in [1.807, 2.05) is 0 Å². The van der Waals surface area contributed by atoms with Crippen LogP contribution in [0.15, 0.2) is 0 Å². The normalized spacial score (nSPS) is 19.0. The van der Waals surface area contributed by atoms with Gasteiger partial charge < -0.3 is 15.5 Å². The van der Waals surface area contributed by atoms with Crippen LogP contribution in [-0.4, -0.2) is 38.8 Å². The summed E-state index contributed by atoms with van der Waals surface area (Å²) in [5.41, 5.74) is 1.18. The van der Waals surface area contributed by atoms with Crippen molar-refractivity contribution >= 4 is 44.9 Å². The van der Waals surface area contributed by atoms with Crippen molar-refractivity contribution in [3.63, 3.8) is 0 Å². The van der Waals surface area contributed by atoms with Gasteiger partial charge in [0.1, 0.15) is 16.7 Å². The highest BCUT2D eigenvalue weighted by atomic mass is 35.5. The van der Waals surface area contributed by atoms with Crippen molar-refractivity contribution in [3.05, 3.63) is 15.7 Å². The van der Waals surface area contributed by atoms with Crippen molar-refractivity contribution < 1.29 is 15.0 Å². The second-order valence-electron chi connectivity index (χ2n) is 5.59. The first kappa shape index (κ1) is 15.5. The van der Waals surface area contributed by atoms with Crippen LogP contribution in [0.1, 0.15) is 23.8 Å². The number of aryl methyl sites for hydroxylation is 1. The van der Waals surface area contributed by atoms with Gasteiger partial charge in [-0.3, -0.25) is 0 Å². The maximum absolute atomic E-state index is 11.1. The van der Waals surface area contributed by atoms with Gasteiger partial charge >= 0.3 is 5.97 Å². The molecule has 0 saturated heterocycles. The number of halogens is 1. The maximum atomic E-state index is 11.1. The molecule has 0 bridgehead atoms. The lowest BCUT2D eigenvalue weighted by Gasteiger charge is -2.19. The third kappa shape index (κ3) is 2.76. The summed E-state index contributed by atoms with van der Waals surface area (Å²) in [7, 11) is 0. The fourth-order valence-corrected chi connectivity index (χ4v) is 4.37. The van der Waals surface area contributed by atoms with E-state index in [1.165, 1.54) is 10.4 Å². The fourth-order valence-electron chi connectivity index (χ4n) is 2.77. The van der Waals surface area contributed by atoms with Gasteiger partial charge in [0.05, 0.1) is 12.0 Å². The molecule has 0 amide bonds. The molecule has 6 nitrogen and oxygen atoms in total. The molecular weight excluding hydrogens is 326 g/mol. The molecule has 0 saturated carbocycles. The highest BCUT2D eigenvalue weighted by molar-refractivity contribution is 7.19. The number of fused-ring (bicyclic) bond motifs is 3. The lowest BCUT2D eigenvalue weighted by atomic mass is 9.89. The van der Waals surface area contributed by atoms with E-state index in [9.17, 15) is 9.90 Å². The summed E-state index contributed by atoms with van der Waals surface area (Å²) in [4.78, 5) is 21.6. The Morgan fingerprint density at radius 1 is 1.55 bits per heavy atom. The van der Waals surface area contributed by atoms with E-state index in [-0.39, 0.29) is 5.28 Å². The zero-order valence-electron chi connectivity index (χ0n) is 12.0. The molecule has 118 valence electrons.